The van der Waals surface area contributed by atoms with Crippen LogP contribution in [0.2, 0.25) is 0 Å². The van der Waals surface area contributed by atoms with Gasteiger partial charge in [-0.15, -0.1) is 10.2 Å². The largest absolute Gasteiger partial charge is 0.453 e. The molecule has 0 unspecified atom stereocenters. The summed E-state index contributed by atoms with van der Waals surface area (Å²) in [4.78, 5) is 0. The summed E-state index contributed by atoms with van der Waals surface area (Å²) >= 11 is 0. The molecule has 15 heavy (non-hydrogen) atoms. The van der Waals surface area contributed by atoms with Gasteiger partial charge in [0, 0.05) is 0 Å². The van der Waals surface area contributed by atoms with Crippen molar-refractivity contribution >= 4 is 5.65 Å². The highest BCUT2D eigenvalue weighted by atomic mass is 19.4. The molecule has 0 saturated carbocycles. The summed E-state index contributed by atoms with van der Waals surface area (Å²) in [5.41, 5.74) is 0.660. The van der Waals surface area contributed by atoms with Crippen molar-refractivity contribution in [3.8, 4) is 0 Å². The Morgan fingerprint density at radius 1 is 1.27 bits per heavy atom. The van der Waals surface area contributed by atoms with Gasteiger partial charge in [0.15, 0.2) is 5.65 Å². The summed E-state index contributed by atoms with van der Waals surface area (Å²) in [5.74, 6) is -1.09. The topological polar surface area (TPSA) is 43.1 Å². The highest BCUT2D eigenvalue weighted by molar-refractivity contribution is 5.36. The van der Waals surface area contributed by atoms with E-state index in [1.807, 2.05) is 6.92 Å². The quantitative estimate of drug-likeness (QED) is 0.728. The molecule has 2 aromatic heterocycles. The first-order chi connectivity index (χ1) is 7.02. The van der Waals surface area contributed by atoms with Crippen LogP contribution in [0.4, 0.5) is 13.2 Å². The molecular weight excluding hydrogens is 209 g/mol. The molecule has 0 aliphatic heterocycles. The van der Waals surface area contributed by atoms with Gasteiger partial charge in [-0.05, 0) is 18.6 Å². The number of hydrogen-bond acceptors (Lipinski definition) is 3. The average Bonchev–Trinajstić information content (AvgIpc) is 2.59. The molecule has 80 valence electrons. The van der Waals surface area contributed by atoms with Crippen molar-refractivity contribution < 1.29 is 13.2 Å². The molecule has 0 saturated heterocycles. The monoisotopic (exact) mass is 216 g/mol. The van der Waals surface area contributed by atoms with Gasteiger partial charge in [0.05, 0.1) is 5.69 Å². The lowest BCUT2D eigenvalue weighted by Gasteiger charge is -2.03. The zero-order chi connectivity index (χ0) is 11.1. The third-order valence-electron chi connectivity index (χ3n) is 1.93. The van der Waals surface area contributed by atoms with E-state index in [-0.39, 0.29) is 5.65 Å². The third-order valence-corrected chi connectivity index (χ3v) is 1.93. The molecule has 0 amide bonds. The highest BCUT2D eigenvalue weighted by Crippen LogP contribution is 2.27. The fourth-order valence-electron chi connectivity index (χ4n) is 1.19. The Kier molecular flexibility index (Phi) is 2.09. The van der Waals surface area contributed by atoms with E-state index < -0.39 is 12.0 Å². The Balaban J connectivity index is 2.67. The van der Waals surface area contributed by atoms with Crippen molar-refractivity contribution in [1.29, 1.82) is 0 Å². The van der Waals surface area contributed by atoms with Crippen LogP contribution in [0.3, 0.4) is 0 Å². The van der Waals surface area contributed by atoms with Crippen molar-refractivity contribution in [3.63, 3.8) is 0 Å². The lowest BCUT2D eigenvalue weighted by atomic mass is 10.3. The molecule has 2 rings (SSSR count). The zero-order valence-electron chi connectivity index (χ0n) is 7.78. The van der Waals surface area contributed by atoms with Crippen LogP contribution in [0, 0.1) is 0 Å². The fourth-order valence-corrected chi connectivity index (χ4v) is 1.19. The predicted octanol–water partition coefficient (Wildman–Crippen LogP) is 1.71. The normalized spacial score (nSPS) is 12.3. The second-order valence-electron chi connectivity index (χ2n) is 2.97. The Hall–Kier alpha value is -1.66. The van der Waals surface area contributed by atoms with E-state index in [1.54, 1.807) is 6.07 Å². The molecule has 0 fully saturated rings. The van der Waals surface area contributed by atoms with Crippen LogP contribution in [0.15, 0.2) is 12.1 Å². The van der Waals surface area contributed by atoms with Crippen LogP contribution >= 0.6 is 0 Å². The minimum atomic E-state index is -4.53. The second-order valence-corrected chi connectivity index (χ2v) is 2.97. The summed E-state index contributed by atoms with van der Waals surface area (Å²) in [7, 11) is 0. The minimum absolute atomic E-state index is 0.0968. The highest BCUT2D eigenvalue weighted by Gasteiger charge is 2.37. The molecule has 7 heteroatoms. The Labute approximate surface area is 82.7 Å². The number of hydrogen-bond donors (Lipinski definition) is 0. The van der Waals surface area contributed by atoms with Crippen molar-refractivity contribution in [3.05, 3.63) is 23.7 Å². The minimum Gasteiger partial charge on any atom is -0.189 e. The van der Waals surface area contributed by atoms with E-state index in [9.17, 15) is 13.2 Å². The summed E-state index contributed by atoms with van der Waals surface area (Å²) in [6.45, 7) is 1.81. The van der Waals surface area contributed by atoms with Crippen LogP contribution in [0.1, 0.15) is 18.4 Å². The maximum atomic E-state index is 12.4. The maximum absolute atomic E-state index is 12.4. The number of halogens is 3. The molecule has 4 nitrogen and oxygen atoms in total. The van der Waals surface area contributed by atoms with Crippen molar-refractivity contribution in [2.75, 3.05) is 0 Å². The number of aryl methyl sites for hydroxylation is 1. The molecular formula is C8H7F3N4. The molecule has 0 spiro atoms. The molecule has 0 radical (unpaired) electrons. The first-order valence-corrected chi connectivity index (χ1v) is 4.31. The van der Waals surface area contributed by atoms with Gasteiger partial charge < -0.3 is 0 Å². The zero-order valence-corrected chi connectivity index (χ0v) is 7.78. The number of nitrogens with zero attached hydrogens (tertiary/aromatic N) is 4. The van der Waals surface area contributed by atoms with Gasteiger partial charge in [-0.1, -0.05) is 6.92 Å². The molecule has 2 aromatic rings. The molecule has 0 bridgehead atoms. The predicted molar refractivity (Wildman–Crippen MR) is 45.2 cm³/mol. The Morgan fingerprint density at radius 3 is 2.60 bits per heavy atom. The van der Waals surface area contributed by atoms with E-state index in [0.29, 0.717) is 12.1 Å². The molecule has 0 aliphatic carbocycles. The van der Waals surface area contributed by atoms with Crippen LogP contribution in [-0.4, -0.2) is 19.8 Å². The summed E-state index contributed by atoms with van der Waals surface area (Å²) in [5, 5.41) is 10.3. The standard InChI is InChI=1S/C8H7F3N4/c1-2-5-3-4-6-12-13-7(8(9,10)11)15(6)14-5/h3-4H,2H2,1H3. The Bertz CT molecular complexity index is 488. The smallest absolute Gasteiger partial charge is 0.189 e. The van der Waals surface area contributed by atoms with Crippen LogP contribution < -0.4 is 0 Å². The van der Waals surface area contributed by atoms with Gasteiger partial charge in [0.25, 0.3) is 5.82 Å². The maximum Gasteiger partial charge on any atom is 0.453 e. The van der Waals surface area contributed by atoms with Gasteiger partial charge >= 0.3 is 6.18 Å². The number of aromatic nitrogens is 4. The van der Waals surface area contributed by atoms with Gasteiger partial charge in [-0.3, -0.25) is 0 Å². The van der Waals surface area contributed by atoms with Gasteiger partial charge in [0.2, 0.25) is 0 Å². The lowest BCUT2D eigenvalue weighted by molar-refractivity contribution is -0.146. The van der Waals surface area contributed by atoms with E-state index >= 15 is 0 Å². The lowest BCUT2D eigenvalue weighted by Crippen LogP contribution is -2.13. The molecule has 0 aliphatic rings. The third kappa shape index (κ3) is 1.64. The summed E-state index contributed by atoms with van der Waals surface area (Å²) < 4.78 is 38.0. The van der Waals surface area contributed by atoms with Gasteiger partial charge in [0.1, 0.15) is 0 Å². The van der Waals surface area contributed by atoms with Crippen LogP contribution in [0.25, 0.3) is 5.65 Å². The summed E-state index contributed by atoms with van der Waals surface area (Å²) in [6.07, 6.45) is -3.97. The van der Waals surface area contributed by atoms with Gasteiger partial charge in [-0.2, -0.15) is 22.8 Å². The first-order valence-electron chi connectivity index (χ1n) is 4.31. The Morgan fingerprint density at radius 2 is 2.00 bits per heavy atom. The van der Waals surface area contributed by atoms with Crippen LogP contribution in [0.5, 0.6) is 0 Å². The van der Waals surface area contributed by atoms with E-state index in [0.717, 1.165) is 4.52 Å². The molecule has 0 N–H and O–H groups in total. The number of rotatable bonds is 1. The van der Waals surface area contributed by atoms with Crippen molar-refractivity contribution in [2.45, 2.75) is 19.5 Å². The SMILES string of the molecule is CCc1ccc2nnc(C(F)(F)F)n2n1. The van der Waals surface area contributed by atoms with E-state index in [2.05, 4.69) is 15.3 Å². The number of fused-ring (bicyclic) bond motifs is 1. The molecule has 2 heterocycles. The fraction of sp³-hybridized carbons (Fsp3) is 0.375. The second kappa shape index (κ2) is 3.18. The number of alkyl halides is 3. The van der Waals surface area contributed by atoms with E-state index in [1.165, 1.54) is 6.07 Å². The first kappa shape index (κ1) is 9.88. The van der Waals surface area contributed by atoms with Crippen LogP contribution in [-0.2, 0) is 12.6 Å². The molecule has 0 aromatic carbocycles. The van der Waals surface area contributed by atoms with Crippen molar-refractivity contribution in [1.82, 2.24) is 19.8 Å². The van der Waals surface area contributed by atoms with E-state index in [4.69, 9.17) is 0 Å². The van der Waals surface area contributed by atoms with Crippen molar-refractivity contribution in [2.24, 2.45) is 0 Å². The molecule has 0 atom stereocenters. The summed E-state index contributed by atoms with van der Waals surface area (Å²) in [6, 6.07) is 3.10. The van der Waals surface area contributed by atoms with Gasteiger partial charge in [-0.25, -0.2) is 0 Å². The average molecular weight is 216 g/mol.